The molecular weight excluding hydrogens is 246 g/mol. The Balaban J connectivity index is 1.90. The predicted octanol–water partition coefficient (Wildman–Crippen LogP) is 2.22. The molecule has 0 spiro atoms. The highest BCUT2D eigenvalue weighted by Crippen LogP contribution is 2.10. The maximum atomic E-state index is 5.10. The predicted molar refractivity (Wildman–Crippen MR) is 73.6 cm³/mol. The monoisotopic (exact) mass is 265 g/mol. The number of thiophene rings is 1. The lowest BCUT2D eigenvalue weighted by Gasteiger charge is -2.16. The van der Waals surface area contributed by atoms with Crippen LogP contribution in [0.15, 0.2) is 29.2 Å². The Labute approximate surface area is 112 Å². The summed E-state index contributed by atoms with van der Waals surface area (Å²) in [5.74, 6) is 1.09. The van der Waals surface area contributed by atoms with Gasteiger partial charge in [-0.1, -0.05) is 0 Å². The van der Waals surface area contributed by atoms with Gasteiger partial charge in [0.25, 0.3) is 0 Å². The molecule has 2 aromatic rings. The van der Waals surface area contributed by atoms with E-state index in [1.165, 1.54) is 5.56 Å². The number of hydrogen-bond donors (Lipinski definition) is 0. The molecule has 2 aromatic heterocycles. The van der Waals surface area contributed by atoms with Gasteiger partial charge in [0.2, 0.25) is 0 Å². The second-order valence-corrected chi connectivity index (χ2v) is 5.11. The van der Waals surface area contributed by atoms with Crippen LogP contribution in [0, 0.1) is 0 Å². The molecule has 0 saturated heterocycles. The maximum Gasteiger partial charge on any atom is 0.122 e. The fraction of sp³-hybridized carbons (Fsp3) is 0.462. The van der Waals surface area contributed by atoms with Gasteiger partial charge in [-0.15, -0.1) is 0 Å². The molecule has 2 rings (SSSR count). The van der Waals surface area contributed by atoms with Gasteiger partial charge in [-0.05, 0) is 29.4 Å². The van der Waals surface area contributed by atoms with Crippen molar-refractivity contribution in [2.45, 2.75) is 19.6 Å². The Hall–Kier alpha value is -1.17. The van der Waals surface area contributed by atoms with Crippen LogP contribution < -0.4 is 0 Å². The first-order valence-electron chi connectivity index (χ1n) is 5.98. The van der Waals surface area contributed by atoms with E-state index >= 15 is 0 Å². The van der Waals surface area contributed by atoms with Crippen LogP contribution in [0.1, 0.15) is 11.4 Å². The van der Waals surface area contributed by atoms with Crippen LogP contribution in [0.4, 0.5) is 0 Å². The van der Waals surface area contributed by atoms with E-state index in [1.54, 1.807) is 18.4 Å². The van der Waals surface area contributed by atoms with Gasteiger partial charge in [0.15, 0.2) is 0 Å². The summed E-state index contributed by atoms with van der Waals surface area (Å²) in [6.45, 7) is 3.39. The van der Waals surface area contributed by atoms with Crippen LogP contribution in [0.5, 0.6) is 0 Å². The van der Waals surface area contributed by atoms with Crippen molar-refractivity contribution in [3.63, 3.8) is 0 Å². The van der Waals surface area contributed by atoms with E-state index in [1.807, 2.05) is 12.4 Å². The molecule has 0 saturated carbocycles. The van der Waals surface area contributed by atoms with Crippen molar-refractivity contribution >= 4 is 11.3 Å². The lowest BCUT2D eigenvalue weighted by molar-refractivity contribution is 0.184. The summed E-state index contributed by atoms with van der Waals surface area (Å²) >= 11 is 1.74. The molecule has 18 heavy (non-hydrogen) atoms. The molecule has 0 aromatic carbocycles. The molecule has 0 radical (unpaired) electrons. The molecule has 0 bridgehead atoms. The summed E-state index contributed by atoms with van der Waals surface area (Å²) < 4.78 is 7.25. The Bertz CT molecular complexity index is 453. The molecule has 0 aliphatic rings. The van der Waals surface area contributed by atoms with Crippen LogP contribution in [0.2, 0.25) is 0 Å². The zero-order valence-corrected chi connectivity index (χ0v) is 11.7. The first-order chi connectivity index (χ1) is 8.79. The highest BCUT2D eigenvalue weighted by molar-refractivity contribution is 7.07. The van der Waals surface area contributed by atoms with E-state index in [4.69, 9.17) is 4.74 Å². The lowest BCUT2D eigenvalue weighted by Crippen LogP contribution is -2.20. The highest BCUT2D eigenvalue weighted by Gasteiger charge is 2.07. The molecular formula is C13H19N3OS. The summed E-state index contributed by atoms with van der Waals surface area (Å²) in [6.07, 6.45) is 3.86. The number of aromatic nitrogens is 2. The molecule has 2 heterocycles. The molecule has 0 N–H and O–H groups in total. The van der Waals surface area contributed by atoms with Crippen molar-refractivity contribution in [3.8, 4) is 0 Å². The SMILES string of the molecule is COCCn1ccnc1CN(C)Cc1ccsc1. The Morgan fingerprint density at radius 2 is 2.33 bits per heavy atom. The molecule has 98 valence electrons. The van der Waals surface area contributed by atoms with Crippen molar-refractivity contribution in [3.05, 3.63) is 40.6 Å². The maximum absolute atomic E-state index is 5.10. The third kappa shape index (κ3) is 3.66. The van der Waals surface area contributed by atoms with Crippen molar-refractivity contribution in [1.82, 2.24) is 14.5 Å². The first-order valence-corrected chi connectivity index (χ1v) is 6.92. The average molecular weight is 265 g/mol. The van der Waals surface area contributed by atoms with Gasteiger partial charge in [-0.25, -0.2) is 4.98 Å². The van der Waals surface area contributed by atoms with Gasteiger partial charge in [0.1, 0.15) is 5.82 Å². The molecule has 0 aliphatic carbocycles. The second kappa shape index (κ2) is 6.68. The Kier molecular flexibility index (Phi) is 4.92. The van der Waals surface area contributed by atoms with Crippen molar-refractivity contribution < 1.29 is 4.74 Å². The van der Waals surface area contributed by atoms with Gasteiger partial charge in [0, 0.05) is 32.6 Å². The number of imidazole rings is 1. The number of methoxy groups -OCH3 is 1. The average Bonchev–Trinajstić information content (AvgIpc) is 2.98. The van der Waals surface area contributed by atoms with Gasteiger partial charge >= 0.3 is 0 Å². The Morgan fingerprint density at radius 3 is 3.06 bits per heavy atom. The smallest absolute Gasteiger partial charge is 0.122 e. The third-order valence-corrected chi connectivity index (χ3v) is 3.51. The summed E-state index contributed by atoms with van der Waals surface area (Å²) in [5, 5.41) is 4.30. The molecule has 5 heteroatoms. The van der Waals surface area contributed by atoms with Crippen molar-refractivity contribution in [2.75, 3.05) is 20.8 Å². The van der Waals surface area contributed by atoms with E-state index in [0.717, 1.165) is 32.1 Å². The van der Waals surface area contributed by atoms with E-state index in [0.29, 0.717) is 0 Å². The van der Waals surface area contributed by atoms with Gasteiger partial charge in [-0.2, -0.15) is 11.3 Å². The van der Waals surface area contributed by atoms with Gasteiger partial charge in [-0.3, -0.25) is 4.90 Å². The van der Waals surface area contributed by atoms with Crippen LogP contribution in [0.3, 0.4) is 0 Å². The minimum absolute atomic E-state index is 0.720. The standard InChI is InChI=1S/C13H19N3OS/c1-15(9-12-3-8-18-11-12)10-13-14-4-5-16(13)6-7-17-2/h3-5,8,11H,6-7,9-10H2,1-2H3. The zero-order valence-electron chi connectivity index (χ0n) is 10.9. The summed E-state index contributed by atoms with van der Waals surface area (Å²) in [4.78, 5) is 6.68. The van der Waals surface area contributed by atoms with Gasteiger partial charge < -0.3 is 9.30 Å². The topological polar surface area (TPSA) is 30.3 Å². The number of nitrogens with zero attached hydrogens (tertiary/aromatic N) is 3. The van der Waals surface area contributed by atoms with E-state index in [2.05, 4.69) is 38.3 Å². The summed E-state index contributed by atoms with van der Waals surface area (Å²) in [5.41, 5.74) is 1.36. The molecule has 0 atom stereocenters. The second-order valence-electron chi connectivity index (χ2n) is 4.33. The molecule has 0 amide bonds. The third-order valence-electron chi connectivity index (χ3n) is 2.78. The summed E-state index contributed by atoms with van der Waals surface area (Å²) in [7, 11) is 3.84. The van der Waals surface area contributed by atoms with E-state index in [9.17, 15) is 0 Å². The Morgan fingerprint density at radius 1 is 1.44 bits per heavy atom. The largest absolute Gasteiger partial charge is 0.383 e. The minimum Gasteiger partial charge on any atom is -0.383 e. The van der Waals surface area contributed by atoms with Crippen molar-refractivity contribution in [1.29, 1.82) is 0 Å². The molecule has 0 aliphatic heterocycles. The normalized spacial score (nSPS) is 11.3. The number of ether oxygens (including phenoxy) is 1. The van der Waals surface area contributed by atoms with E-state index in [-0.39, 0.29) is 0 Å². The quantitative estimate of drug-likeness (QED) is 0.769. The minimum atomic E-state index is 0.720. The van der Waals surface area contributed by atoms with E-state index < -0.39 is 0 Å². The number of rotatable bonds is 7. The highest BCUT2D eigenvalue weighted by atomic mass is 32.1. The fourth-order valence-electron chi connectivity index (χ4n) is 1.88. The van der Waals surface area contributed by atoms with Crippen LogP contribution >= 0.6 is 11.3 Å². The van der Waals surface area contributed by atoms with Crippen LogP contribution in [-0.4, -0.2) is 35.2 Å². The van der Waals surface area contributed by atoms with Gasteiger partial charge in [0.05, 0.1) is 13.2 Å². The van der Waals surface area contributed by atoms with Crippen LogP contribution in [0.25, 0.3) is 0 Å². The number of hydrogen-bond acceptors (Lipinski definition) is 4. The zero-order chi connectivity index (χ0) is 12.8. The first kappa shape index (κ1) is 13.3. The molecule has 4 nitrogen and oxygen atoms in total. The summed E-state index contributed by atoms with van der Waals surface area (Å²) in [6, 6.07) is 2.17. The fourth-order valence-corrected chi connectivity index (χ4v) is 2.54. The van der Waals surface area contributed by atoms with Crippen LogP contribution in [-0.2, 0) is 24.4 Å². The lowest BCUT2D eigenvalue weighted by atomic mass is 10.3. The van der Waals surface area contributed by atoms with Crippen molar-refractivity contribution in [2.24, 2.45) is 0 Å². The molecule has 0 fully saturated rings. The molecule has 0 unspecified atom stereocenters.